The first kappa shape index (κ1) is 17.7. The molecule has 1 aliphatic carbocycles. The van der Waals surface area contributed by atoms with E-state index in [4.69, 9.17) is 17.0 Å². The highest BCUT2D eigenvalue weighted by atomic mass is 32.1. The van der Waals surface area contributed by atoms with Crippen molar-refractivity contribution in [1.29, 1.82) is 0 Å². The van der Waals surface area contributed by atoms with Gasteiger partial charge >= 0.3 is 0 Å². The fourth-order valence-corrected chi connectivity index (χ4v) is 3.22. The number of carbonyl (C=O) groups is 1. The van der Waals surface area contributed by atoms with E-state index in [1.807, 2.05) is 24.3 Å². The lowest BCUT2D eigenvalue weighted by molar-refractivity contribution is -0.122. The summed E-state index contributed by atoms with van der Waals surface area (Å²) in [4.78, 5) is 12.6. The highest BCUT2D eigenvalue weighted by molar-refractivity contribution is 7.71. The van der Waals surface area contributed by atoms with Gasteiger partial charge in [-0.1, -0.05) is 19.1 Å². The first-order valence-corrected chi connectivity index (χ1v) is 9.10. The molecule has 0 radical (unpaired) electrons. The van der Waals surface area contributed by atoms with E-state index in [0.717, 1.165) is 42.8 Å². The fourth-order valence-electron chi connectivity index (χ4n) is 3.00. The van der Waals surface area contributed by atoms with E-state index in [-0.39, 0.29) is 18.5 Å². The van der Waals surface area contributed by atoms with Crippen LogP contribution >= 0.6 is 12.2 Å². The summed E-state index contributed by atoms with van der Waals surface area (Å²) in [5.41, 5.74) is 1.11. The molecular formula is C18H24N4O2S. The Bertz CT molecular complexity index is 777. The highest BCUT2D eigenvalue weighted by Crippen LogP contribution is 2.41. The summed E-state index contributed by atoms with van der Waals surface area (Å²) in [7, 11) is 1.65. The van der Waals surface area contributed by atoms with Crippen LogP contribution in [-0.2, 0) is 17.8 Å². The van der Waals surface area contributed by atoms with E-state index in [1.54, 1.807) is 11.7 Å². The topological polar surface area (TPSA) is 71.9 Å². The Kier molecular flexibility index (Phi) is 5.53. The zero-order chi connectivity index (χ0) is 17.8. The Morgan fingerprint density at radius 2 is 2.16 bits per heavy atom. The van der Waals surface area contributed by atoms with Crippen molar-refractivity contribution >= 4 is 18.1 Å². The Labute approximate surface area is 152 Å². The minimum atomic E-state index is -0.0393. The normalized spacial score (nSPS) is 15.0. The molecule has 1 aromatic heterocycles. The molecule has 1 saturated carbocycles. The van der Waals surface area contributed by atoms with Gasteiger partial charge in [-0.25, -0.2) is 0 Å². The number of benzene rings is 1. The number of hydrogen-bond donors (Lipinski definition) is 2. The van der Waals surface area contributed by atoms with Gasteiger partial charge in [-0.2, -0.15) is 5.10 Å². The van der Waals surface area contributed by atoms with Crippen LogP contribution in [0.15, 0.2) is 24.3 Å². The van der Waals surface area contributed by atoms with Gasteiger partial charge in [-0.3, -0.25) is 14.5 Å². The molecule has 25 heavy (non-hydrogen) atoms. The molecule has 0 spiro atoms. The van der Waals surface area contributed by atoms with E-state index in [0.29, 0.717) is 10.7 Å². The summed E-state index contributed by atoms with van der Waals surface area (Å²) >= 11 is 5.26. The molecular weight excluding hydrogens is 336 g/mol. The third kappa shape index (κ3) is 4.28. The zero-order valence-corrected chi connectivity index (χ0v) is 15.4. The smallest absolute Gasteiger partial charge is 0.240 e. The van der Waals surface area contributed by atoms with Crippen LogP contribution in [0.5, 0.6) is 5.75 Å². The monoisotopic (exact) mass is 360 g/mol. The van der Waals surface area contributed by atoms with Crippen molar-refractivity contribution in [3.63, 3.8) is 0 Å². The third-order valence-corrected chi connectivity index (χ3v) is 4.81. The number of aromatic amines is 1. The standard InChI is InChI=1S/C18H24N4O2S/c1-3-4-15-20-21-18(25)22(15)11-16(23)19-17(12-5-6-12)13-7-9-14(24-2)10-8-13/h7-10,12,17H,3-6,11H2,1-2H3,(H,19,23)(H,21,25). The Balaban J connectivity index is 1.71. The summed E-state index contributed by atoms with van der Waals surface area (Å²) in [6.45, 7) is 2.28. The second kappa shape index (κ2) is 7.82. The van der Waals surface area contributed by atoms with Gasteiger partial charge in [-0.05, 0) is 55.1 Å². The van der Waals surface area contributed by atoms with Crippen molar-refractivity contribution in [2.24, 2.45) is 5.92 Å². The molecule has 1 aromatic carbocycles. The summed E-state index contributed by atoms with van der Waals surface area (Å²) in [6, 6.07) is 7.95. The molecule has 0 aliphatic heterocycles. The number of nitrogens with one attached hydrogen (secondary N) is 2. The lowest BCUT2D eigenvalue weighted by atomic mass is 10.0. The van der Waals surface area contributed by atoms with Crippen LogP contribution in [0.25, 0.3) is 0 Å². The summed E-state index contributed by atoms with van der Waals surface area (Å²) in [5.74, 6) is 2.11. The largest absolute Gasteiger partial charge is 0.497 e. The minimum absolute atomic E-state index is 0.0362. The van der Waals surface area contributed by atoms with Gasteiger partial charge in [0.2, 0.25) is 5.91 Å². The molecule has 1 heterocycles. The lowest BCUT2D eigenvalue weighted by Crippen LogP contribution is -2.33. The molecule has 2 N–H and O–H groups in total. The SMILES string of the molecule is CCCc1n[nH]c(=S)n1CC(=O)NC(c1ccc(OC)cc1)C1CC1. The van der Waals surface area contributed by atoms with Crippen LogP contribution in [0.4, 0.5) is 0 Å². The number of hydrogen-bond acceptors (Lipinski definition) is 4. The van der Waals surface area contributed by atoms with Gasteiger partial charge in [-0.15, -0.1) is 0 Å². The van der Waals surface area contributed by atoms with E-state index in [2.05, 4.69) is 22.4 Å². The molecule has 134 valence electrons. The average Bonchev–Trinajstić information content (AvgIpc) is 3.41. The van der Waals surface area contributed by atoms with Gasteiger partial charge in [0.25, 0.3) is 0 Å². The summed E-state index contributed by atoms with van der Waals surface area (Å²) in [5, 5.41) is 10.2. The first-order chi connectivity index (χ1) is 12.1. The first-order valence-electron chi connectivity index (χ1n) is 8.69. The van der Waals surface area contributed by atoms with Crippen LogP contribution in [0.1, 0.15) is 43.6 Å². The number of aromatic nitrogens is 3. The fraction of sp³-hybridized carbons (Fsp3) is 0.500. The van der Waals surface area contributed by atoms with Crippen molar-refractivity contribution in [3.05, 3.63) is 40.4 Å². The summed E-state index contributed by atoms with van der Waals surface area (Å²) < 4.78 is 7.49. The number of nitrogens with zero attached hydrogens (tertiary/aromatic N) is 2. The van der Waals surface area contributed by atoms with Gasteiger partial charge in [0.15, 0.2) is 4.77 Å². The van der Waals surface area contributed by atoms with Crippen molar-refractivity contribution in [3.8, 4) is 5.75 Å². The number of carbonyl (C=O) groups excluding carboxylic acids is 1. The molecule has 0 saturated heterocycles. The van der Waals surface area contributed by atoms with Crippen LogP contribution < -0.4 is 10.1 Å². The number of amides is 1. The Hall–Kier alpha value is -2.15. The third-order valence-electron chi connectivity index (χ3n) is 4.50. The quantitative estimate of drug-likeness (QED) is 0.709. The molecule has 1 unspecified atom stereocenters. The Morgan fingerprint density at radius 3 is 2.76 bits per heavy atom. The van der Waals surface area contributed by atoms with Gasteiger partial charge in [0.1, 0.15) is 18.1 Å². The molecule has 1 atom stereocenters. The van der Waals surface area contributed by atoms with Gasteiger partial charge in [0, 0.05) is 6.42 Å². The summed E-state index contributed by atoms with van der Waals surface area (Å²) in [6.07, 6.45) is 4.04. The van der Waals surface area contributed by atoms with Crippen LogP contribution in [-0.4, -0.2) is 27.8 Å². The van der Waals surface area contributed by atoms with E-state index < -0.39 is 0 Å². The lowest BCUT2D eigenvalue weighted by Gasteiger charge is -2.19. The highest BCUT2D eigenvalue weighted by Gasteiger charge is 2.33. The second-order valence-electron chi connectivity index (χ2n) is 6.44. The molecule has 1 aliphatic rings. The maximum Gasteiger partial charge on any atom is 0.240 e. The number of aryl methyl sites for hydroxylation is 1. The molecule has 3 rings (SSSR count). The van der Waals surface area contributed by atoms with Crippen LogP contribution in [0, 0.1) is 10.7 Å². The predicted molar refractivity (Wildman–Crippen MR) is 98.0 cm³/mol. The maximum atomic E-state index is 12.6. The average molecular weight is 360 g/mol. The minimum Gasteiger partial charge on any atom is -0.497 e. The van der Waals surface area contributed by atoms with E-state index in [1.165, 1.54) is 0 Å². The zero-order valence-electron chi connectivity index (χ0n) is 14.6. The molecule has 1 fully saturated rings. The van der Waals surface area contributed by atoms with Crippen LogP contribution in [0.3, 0.4) is 0 Å². The van der Waals surface area contributed by atoms with Crippen molar-refractivity contribution in [1.82, 2.24) is 20.1 Å². The molecule has 2 aromatic rings. The second-order valence-corrected chi connectivity index (χ2v) is 6.82. The van der Waals surface area contributed by atoms with Gasteiger partial charge < -0.3 is 10.1 Å². The van der Waals surface area contributed by atoms with E-state index >= 15 is 0 Å². The van der Waals surface area contributed by atoms with Crippen molar-refractivity contribution < 1.29 is 9.53 Å². The number of ether oxygens (including phenoxy) is 1. The van der Waals surface area contributed by atoms with Crippen LogP contribution in [0.2, 0.25) is 0 Å². The predicted octanol–water partition coefficient (Wildman–Crippen LogP) is 3.17. The molecule has 1 amide bonds. The molecule has 0 bridgehead atoms. The maximum absolute atomic E-state index is 12.6. The molecule has 6 nitrogen and oxygen atoms in total. The number of H-pyrrole nitrogens is 1. The number of methoxy groups -OCH3 is 1. The van der Waals surface area contributed by atoms with Gasteiger partial charge in [0.05, 0.1) is 13.2 Å². The Morgan fingerprint density at radius 1 is 1.44 bits per heavy atom. The van der Waals surface area contributed by atoms with E-state index in [9.17, 15) is 4.79 Å². The number of rotatable bonds is 8. The van der Waals surface area contributed by atoms with Crippen molar-refractivity contribution in [2.45, 2.75) is 45.2 Å². The molecule has 7 heteroatoms. The van der Waals surface area contributed by atoms with Crippen molar-refractivity contribution in [2.75, 3.05) is 7.11 Å².